The van der Waals surface area contributed by atoms with Gasteiger partial charge in [0.15, 0.2) is 5.96 Å². The van der Waals surface area contributed by atoms with Crippen molar-refractivity contribution < 1.29 is 0 Å². The zero-order chi connectivity index (χ0) is 22.5. The van der Waals surface area contributed by atoms with Gasteiger partial charge in [-0.25, -0.2) is 0 Å². The zero-order valence-corrected chi connectivity index (χ0v) is 20.6. The van der Waals surface area contributed by atoms with E-state index < -0.39 is 0 Å². The second kappa shape index (κ2) is 10.4. The Labute approximate surface area is 192 Å². The van der Waals surface area contributed by atoms with E-state index in [1.54, 1.807) is 0 Å². The summed E-state index contributed by atoms with van der Waals surface area (Å²) in [5.74, 6) is 1.44. The van der Waals surface area contributed by atoms with Crippen molar-refractivity contribution in [2.24, 2.45) is 18.0 Å². The van der Waals surface area contributed by atoms with Crippen molar-refractivity contribution in [2.75, 3.05) is 31.1 Å². The van der Waals surface area contributed by atoms with Crippen molar-refractivity contribution in [2.45, 2.75) is 53.5 Å². The molecule has 0 bridgehead atoms. The Kier molecular flexibility index (Phi) is 7.87. The summed E-state index contributed by atoms with van der Waals surface area (Å²) >= 11 is 6.23. The fourth-order valence-corrected chi connectivity index (χ4v) is 4.53. The summed E-state index contributed by atoms with van der Waals surface area (Å²) in [6, 6.07) is 6.41. The van der Waals surface area contributed by atoms with Crippen LogP contribution in [-0.4, -0.2) is 48.0 Å². The van der Waals surface area contributed by atoms with Crippen LogP contribution in [-0.2, 0) is 13.5 Å². The number of hydrogen-bond acceptors (Lipinski definition) is 3. The molecule has 0 aliphatic carbocycles. The predicted octanol–water partition coefficient (Wildman–Crippen LogP) is 4.01. The highest BCUT2D eigenvalue weighted by Gasteiger charge is 2.24. The molecule has 0 radical (unpaired) electrons. The molecular formula is C24H37ClN6. The lowest BCUT2D eigenvalue weighted by Crippen LogP contribution is -2.43. The summed E-state index contributed by atoms with van der Waals surface area (Å²) in [4.78, 5) is 7.36. The topological polar surface area (TPSA) is 57.5 Å². The highest BCUT2D eigenvalue weighted by atomic mass is 35.5. The standard InChI is InChI=1S/C24H37ClN6/c1-7-26-24(28-17(3)12-22-18(4)29-30(6)19(22)5)27-14-20-10-11-31(15-20)23-13-21(25)9-8-16(23)2/h8-9,13,17,20H,7,10-12,14-15H2,1-6H3,(H2,26,27,28). The van der Waals surface area contributed by atoms with Crippen molar-refractivity contribution >= 4 is 23.2 Å². The second-order valence-electron chi connectivity index (χ2n) is 8.77. The molecule has 6 nitrogen and oxygen atoms in total. The molecule has 170 valence electrons. The minimum atomic E-state index is 0.272. The maximum Gasteiger partial charge on any atom is 0.191 e. The third-order valence-electron chi connectivity index (χ3n) is 6.20. The maximum atomic E-state index is 6.23. The van der Waals surface area contributed by atoms with Crippen LogP contribution >= 0.6 is 11.6 Å². The Bertz CT molecular complexity index is 919. The number of guanidine groups is 1. The molecule has 2 unspecified atom stereocenters. The Morgan fingerprint density at radius 3 is 2.77 bits per heavy atom. The van der Waals surface area contributed by atoms with Crippen LogP contribution in [0.3, 0.4) is 0 Å². The van der Waals surface area contributed by atoms with E-state index in [1.807, 2.05) is 17.8 Å². The molecule has 0 spiro atoms. The van der Waals surface area contributed by atoms with Gasteiger partial charge in [0.2, 0.25) is 0 Å². The van der Waals surface area contributed by atoms with Crippen molar-refractivity contribution in [1.82, 2.24) is 20.4 Å². The first kappa shape index (κ1) is 23.5. The van der Waals surface area contributed by atoms with Gasteiger partial charge in [0, 0.05) is 55.7 Å². The number of nitrogens with one attached hydrogen (secondary N) is 2. The minimum absolute atomic E-state index is 0.272. The van der Waals surface area contributed by atoms with Crippen LogP contribution in [0.25, 0.3) is 0 Å². The molecule has 2 heterocycles. The first-order chi connectivity index (χ1) is 14.8. The third kappa shape index (κ3) is 5.94. The first-order valence-electron chi connectivity index (χ1n) is 11.3. The largest absolute Gasteiger partial charge is 0.371 e. The van der Waals surface area contributed by atoms with E-state index in [0.29, 0.717) is 5.92 Å². The van der Waals surface area contributed by atoms with Crippen LogP contribution < -0.4 is 15.5 Å². The van der Waals surface area contributed by atoms with Gasteiger partial charge in [-0.1, -0.05) is 17.7 Å². The van der Waals surface area contributed by atoms with E-state index in [9.17, 15) is 0 Å². The number of halogens is 1. The highest BCUT2D eigenvalue weighted by molar-refractivity contribution is 6.30. The number of aliphatic imine (C=N–C) groups is 1. The average Bonchev–Trinajstić information content (AvgIpc) is 3.28. The quantitative estimate of drug-likeness (QED) is 0.500. The lowest BCUT2D eigenvalue weighted by molar-refractivity contribution is 0.589. The maximum absolute atomic E-state index is 6.23. The molecule has 0 saturated carbocycles. The molecule has 2 N–H and O–H groups in total. The van der Waals surface area contributed by atoms with Crippen LogP contribution in [0.4, 0.5) is 5.69 Å². The molecule has 2 atom stereocenters. The molecule has 1 aliphatic rings. The average molecular weight is 445 g/mol. The van der Waals surface area contributed by atoms with Gasteiger partial charge in [0.25, 0.3) is 0 Å². The van der Waals surface area contributed by atoms with Crippen LogP contribution in [0.2, 0.25) is 5.02 Å². The number of aryl methyl sites for hydroxylation is 3. The summed E-state index contributed by atoms with van der Waals surface area (Å²) in [5.41, 5.74) is 6.19. The smallest absolute Gasteiger partial charge is 0.191 e. The fourth-order valence-electron chi connectivity index (χ4n) is 4.37. The van der Waals surface area contributed by atoms with E-state index in [4.69, 9.17) is 16.6 Å². The Hall–Kier alpha value is -2.21. The van der Waals surface area contributed by atoms with E-state index in [0.717, 1.165) is 55.7 Å². The lowest BCUT2D eigenvalue weighted by Gasteiger charge is -2.21. The van der Waals surface area contributed by atoms with Gasteiger partial charge in [-0.15, -0.1) is 0 Å². The van der Waals surface area contributed by atoms with E-state index >= 15 is 0 Å². The molecule has 1 fully saturated rings. The summed E-state index contributed by atoms with van der Waals surface area (Å²) in [6.07, 6.45) is 2.08. The van der Waals surface area contributed by atoms with E-state index in [-0.39, 0.29) is 6.04 Å². The Morgan fingerprint density at radius 1 is 1.32 bits per heavy atom. The molecule has 0 amide bonds. The van der Waals surface area contributed by atoms with Gasteiger partial charge in [-0.05, 0) is 76.6 Å². The van der Waals surface area contributed by atoms with E-state index in [2.05, 4.69) is 67.4 Å². The summed E-state index contributed by atoms with van der Waals surface area (Å²) < 4.78 is 1.96. The summed E-state index contributed by atoms with van der Waals surface area (Å²) in [5, 5.41) is 12.3. The first-order valence-corrected chi connectivity index (χ1v) is 11.7. The number of benzene rings is 1. The number of aromatic nitrogens is 2. The molecule has 3 rings (SSSR count). The molecule has 1 aliphatic heterocycles. The number of nitrogens with zero attached hydrogens (tertiary/aromatic N) is 4. The molecule has 1 saturated heterocycles. The molecular weight excluding hydrogens is 408 g/mol. The SMILES string of the molecule is CCNC(=NCC1CCN(c2cc(Cl)ccc2C)C1)NC(C)Cc1c(C)nn(C)c1C. The number of hydrogen-bond donors (Lipinski definition) is 2. The van der Waals surface area contributed by atoms with Gasteiger partial charge in [-0.3, -0.25) is 9.67 Å². The molecule has 2 aromatic rings. The van der Waals surface area contributed by atoms with Crippen LogP contribution in [0, 0.1) is 26.7 Å². The van der Waals surface area contributed by atoms with Gasteiger partial charge in [0.1, 0.15) is 0 Å². The zero-order valence-electron chi connectivity index (χ0n) is 19.8. The second-order valence-corrected chi connectivity index (χ2v) is 9.21. The van der Waals surface area contributed by atoms with Gasteiger partial charge in [0.05, 0.1) is 5.69 Å². The van der Waals surface area contributed by atoms with Gasteiger partial charge in [-0.2, -0.15) is 5.10 Å². The van der Waals surface area contributed by atoms with Crippen LogP contribution in [0.5, 0.6) is 0 Å². The molecule has 1 aromatic carbocycles. The van der Waals surface area contributed by atoms with Crippen LogP contribution in [0.15, 0.2) is 23.2 Å². The van der Waals surface area contributed by atoms with Crippen molar-refractivity contribution in [3.05, 3.63) is 45.7 Å². The summed E-state index contributed by atoms with van der Waals surface area (Å²) in [6.45, 7) is 14.4. The van der Waals surface area contributed by atoms with Crippen LogP contribution in [0.1, 0.15) is 42.8 Å². The minimum Gasteiger partial charge on any atom is -0.371 e. The fraction of sp³-hybridized carbons (Fsp3) is 0.583. The van der Waals surface area contributed by atoms with Crippen molar-refractivity contribution in [3.8, 4) is 0 Å². The Balaban J connectivity index is 1.59. The predicted molar refractivity (Wildman–Crippen MR) is 131 cm³/mol. The molecule has 31 heavy (non-hydrogen) atoms. The monoisotopic (exact) mass is 444 g/mol. The third-order valence-corrected chi connectivity index (χ3v) is 6.44. The number of anilines is 1. The highest BCUT2D eigenvalue weighted by Crippen LogP contribution is 2.29. The van der Waals surface area contributed by atoms with E-state index in [1.165, 1.54) is 22.5 Å². The Morgan fingerprint density at radius 2 is 2.10 bits per heavy atom. The molecule has 7 heteroatoms. The number of rotatable bonds is 7. The molecule has 1 aromatic heterocycles. The lowest BCUT2D eigenvalue weighted by atomic mass is 10.1. The normalized spacial score (nSPS) is 17.8. The van der Waals surface area contributed by atoms with Crippen molar-refractivity contribution in [3.63, 3.8) is 0 Å². The summed E-state index contributed by atoms with van der Waals surface area (Å²) in [7, 11) is 2.01. The van der Waals surface area contributed by atoms with Gasteiger partial charge >= 0.3 is 0 Å². The van der Waals surface area contributed by atoms with Gasteiger partial charge < -0.3 is 15.5 Å². The van der Waals surface area contributed by atoms with Crippen molar-refractivity contribution in [1.29, 1.82) is 0 Å².